The van der Waals surface area contributed by atoms with Crippen LogP contribution in [-0.2, 0) is 10.2 Å². The SMILES string of the molecule is CC(=O)C1(c2oc3ccccc3c2C)CC1. The second kappa shape index (κ2) is 2.97. The van der Waals surface area contributed by atoms with Gasteiger partial charge in [-0.25, -0.2) is 0 Å². The largest absolute Gasteiger partial charge is 0.460 e. The molecule has 82 valence electrons. The van der Waals surface area contributed by atoms with Crippen LogP contribution in [0.25, 0.3) is 11.0 Å². The summed E-state index contributed by atoms with van der Waals surface area (Å²) in [4.78, 5) is 11.7. The van der Waals surface area contributed by atoms with E-state index >= 15 is 0 Å². The molecule has 0 amide bonds. The van der Waals surface area contributed by atoms with Gasteiger partial charge in [-0.3, -0.25) is 4.79 Å². The van der Waals surface area contributed by atoms with E-state index in [1.807, 2.05) is 31.2 Å². The fourth-order valence-corrected chi connectivity index (χ4v) is 2.49. The van der Waals surface area contributed by atoms with Gasteiger partial charge in [0.15, 0.2) is 0 Å². The molecular formula is C14H14O2. The number of ketones is 1. The lowest BCUT2D eigenvalue weighted by atomic mass is 9.95. The average Bonchev–Trinajstić information content (AvgIpc) is 3.01. The van der Waals surface area contributed by atoms with E-state index in [0.29, 0.717) is 0 Å². The molecule has 2 aromatic rings. The zero-order chi connectivity index (χ0) is 11.3. The van der Waals surface area contributed by atoms with Gasteiger partial charge in [-0.15, -0.1) is 0 Å². The number of para-hydroxylation sites is 1. The minimum Gasteiger partial charge on any atom is -0.460 e. The summed E-state index contributed by atoms with van der Waals surface area (Å²) >= 11 is 0. The van der Waals surface area contributed by atoms with Crippen molar-refractivity contribution in [3.63, 3.8) is 0 Å². The molecule has 16 heavy (non-hydrogen) atoms. The summed E-state index contributed by atoms with van der Waals surface area (Å²) in [5, 5.41) is 1.13. The fourth-order valence-electron chi connectivity index (χ4n) is 2.49. The Hall–Kier alpha value is -1.57. The lowest BCUT2D eigenvalue weighted by Gasteiger charge is -2.08. The monoisotopic (exact) mass is 214 g/mol. The molecule has 0 unspecified atom stereocenters. The Kier molecular flexibility index (Phi) is 1.79. The normalized spacial score (nSPS) is 17.6. The van der Waals surface area contributed by atoms with Gasteiger partial charge in [0.1, 0.15) is 17.1 Å². The molecule has 1 heterocycles. The molecule has 1 aliphatic carbocycles. The summed E-state index contributed by atoms with van der Waals surface area (Å²) in [7, 11) is 0. The van der Waals surface area contributed by atoms with Gasteiger partial charge in [0.2, 0.25) is 0 Å². The van der Waals surface area contributed by atoms with Crippen LogP contribution in [0.3, 0.4) is 0 Å². The lowest BCUT2D eigenvalue weighted by Crippen LogP contribution is -2.16. The molecule has 3 rings (SSSR count). The molecular weight excluding hydrogens is 200 g/mol. The molecule has 1 aromatic heterocycles. The van der Waals surface area contributed by atoms with Crippen LogP contribution in [0.5, 0.6) is 0 Å². The molecule has 1 fully saturated rings. The molecule has 0 bridgehead atoms. The third kappa shape index (κ3) is 1.10. The first-order valence-corrected chi connectivity index (χ1v) is 5.65. The number of aryl methyl sites for hydroxylation is 1. The fraction of sp³-hybridized carbons (Fsp3) is 0.357. The van der Waals surface area contributed by atoms with E-state index in [9.17, 15) is 4.79 Å². The Bertz CT molecular complexity index is 573. The van der Waals surface area contributed by atoms with Gasteiger partial charge in [0.25, 0.3) is 0 Å². The van der Waals surface area contributed by atoms with Crippen LogP contribution >= 0.6 is 0 Å². The van der Waals surface area contributed by atoms with Gasteiger partial charge in [-0.1, -0.05) is 18.2 Å². The van der Waals surface area contributed by atoms with Gasteiger partial charge < -0.3 is 4.42 Å². The van der Waals surface area contributed by atoms with Crippen LogP contribution in [0.4, 0.5) is 0 Å². The van der Waals surface area contributed by atoms with Crippen LogP contribution < -0.4 is 0 Å². The topological polar surface area (TPSA) is 30.2 Å². The van der Waals surface area contributed by atoms with Gasteiger partial charge in [0, 0.05) is 5.39 Å². The highest BCUT2D eigenvalue weighted by Crippen LogP contribution is 2.51. The molecule has 1 saturated carbocycles. The Morgan fingerprint density at radius 1 is 1.31 bits per heavy atom. The van der Waals surface area contributed by atoms with Crippen LogP contribution in [0.15, 0.2) is 28.7 Å². The summed E-state index contributed by atoms with van der Waals surface area (Å²) < 4.78 is 5.87. The van der Waals surface area contributed by atoms with Crippen molar-refractivity contribution in [3.8, 4) is 0 Å². The molecule has 0 N–H and O–H groups in total. The maximum Gasteiger partial charge on any atom is 0.143 e. The van der Waals surface area contributed by atoms with E-state index in [2.05, 4.69) is 0 Å². The highest BCUT2D eigenvalue weighted by Gasteiger charge is 2.52. The Balaban J connectivity index is 2.26. The number of Topliss-reactive ketones (excluding diaryl/α,β-unsaturated/α-hetero) is 1. The van der Waals surface area contributed by atoms with Gasteiger partial charge >= 0.3 is 0 Å². The summed E-state index contributed by atoms with van der Waals surface area (Å²) in [6.45, 7) is 3.71. The number of hydrogen-bond donors (Lipinski definition) is 0. The first kappa shape index (κ1) is 9.64. The summed E-state index contributed by atoms with van der Waals surface area (Å²) in [5.41, 5.74) is 1.72. The minimum absolute atomic E-state index is 0.231. The maximum absolute atomic E-state index is 11.7. The Labute approximate surface area is 94.3 Å². The number of benzene rings is 1. The summed E-state index contributed by atoms with van der Waals surface area (Å²) in [6, 6.07) is 7.97. The maximum atomic E-state index is 11.7. The number of furan rings is 1. The van der Waals surface area contributed by atoms with Crippen LogP contribution in [0.1, 0.15) is 31.1 Å². The first-order valence-electron chi connectivity index (χ1n) is 5.65. The molecule has 0 saturated heterocycles. The first-order chi connectivity index (χ1) is 7.65. The molecule has 1 aliphatic rings. The van der Waals surface area contributed by atoms with Crippen molar-refractivity contribution in [2.75, 3.05) is 0 Å². The molecule has 2 heteroatoms. The van der Waals surface area contributed by atoms with E-state index in [1.165, 1.54) is 0 Å². The van der Waals surface area contributed by atoms with Crippen LogP contribution in [0.2, 0.25) is 0 Å². The standard InChI is InChI=1S/C14H14O2/c1-9-11-5-3-4-6-12(11)16-13(9)14(7-8-14)10(2)15/h3-6H,7-8H2,1-2H3. The highest BCUT2D eigenvalue weighted by atomic mass is 16.3. The second-order valence-corrected chi connectivity index (χ2v) is 4.69. The molecule has 0 radical (unpaired) electrons. The van der Waals surface area contributed by atoms with Crippen molar-refractivity contribution in [2.45, 2.75) is 32.1 Å². The lowest BCUT2D eigenvalue weighted by molar-refractivity contribution is -0.119. The zero-order valence-electron chi connectivity index (χ0n) is 9.54. The number of fused-ring (bicyclic) bond motifs is 1. The number of hydrogen-bond acceptors (Lipinski definition) is 2. The van der Waals surface area contributed by atoms with Crippen molar-refractivity contribution in [1.82, 2.24) is 0 Å². The minimum atomic E-state index is -0.302. The van der Waals surface area contributed by atoms with Crippen molar-refractivity contribution < 1.29 is 9.21 Å². The van der Waals surface area contributed by atoms with E-state index < -0.39 is 0 Å². The predicted molar refractivity (Wildman–Crippen MR) is 62.5 cm³/mol. The number of rotatable bonds is 2. The zero-order valence-corrected chi connectivity index (χ0v) is 9.54. The predicted octanol–water partition coefficient (Wildman–Crippen LogP) is 3.36. The third-order valence-electron chi connectivity index (χ3n) is 3.70. The van der Waals surface area contributed by atoms with Crippen LogP contribution in [-0.4, -0.2) is 5.78 Å². The van der Waals surface area contributed by atoms with Gasteiger partial charge in [-0.05, 0) is 38.3 Å². The van der Waals surface area contributed by atoms with Crippen molar-refractivity contribution in [2.24, 2.45) is 0 Å². The summed E-state index contributed by atoms with van der Waals surface area (Å²) in [5.74, 6) is 1.12. The molecule has 0 atom stereocenters. The van der Waals surface area contributed by atoms with Crippen molar-refractivity contribution in [1.29, 1.82) is 0 Å². The highest BCUT2D eigenvalue weighted by molar-refractivity contribution is 5.93. The smallest absolute Gasteiger partial charge is 0.143 e. The quantitative estimate of drug-likeness (QED) is 0.767. The van der Waals surface area contributed by atoms with Crippen molar-refractivity contribution >= 4 is 16.8 Å². The number of carbonyl (C=O) groups is 1. The van der Waals surface area contributed by atoms with Crippen LogP contribution in [0, 0.1) is 6.92 Å². The van der Waals surface area contributed by atoms with E-state index in [1.54, 1.807) is 6.92 Å². The average molecular weight is 214 g/mol. The summed E-state index contributed by atoms with van der Waals surface area (Å²) in [6.07, 6.45) is 1.87. The molecule has 1 aromatic carbocycles. The second-order valence-electron chi connectivity index (χ2n) is 4.69. The Morgan fingerprint density at radius 2 is 2.00 bits per heavy atom. The van der Waals surface area contributed by atoms with E-state index in [4.69, 9.17) is 4.42 Å². The third-order valence-corrected chi connectivity index (χ3v) is 3.70. The number of carbonyl (C=O) groups excluding carboxylic acids is 1. The van der Waals surface area contributed by atoms with Gasteiger partial charge in [-0.2, -0.15) is 0 Å². The Morgan fingerprint density at radius 3 is 2.56 bits per heavy atom. The van der Waals surface area contributed by atoms with Gasteiger partial charge in [0.05, 0.1) is 5.41 Å². The van der Waals surface area contributed by atoms with E-state index in [-0.39, 0.29) is 11.2 Å². The van der Waals surface area contributed by atoms with E-state index in [0.717, 1.165) is 35.1 Å². The molecule has 0 aliphatic heterocycles. The molecule has 2 nitrogen and oxygen atoms in total. The van der Waals surface area contributed by atoms with Crippen molar-refractivity contribution in [3.05, 3.63) is 35.6 Å². The molecule has 0 spiro atoms.